The van der Waals surface area contributed by atoms with Gasteiger partial charge in [0.15, 0.2) is 6.10 Å². The molecule has 0 fully saturated rings. The monoisotopic (exact) mass is 991 g/mol. The number of unbranched alkanes of at least 4 members (excludes halogenated alkanes) is 17. The van der Waals surface area contributed by atoms with E-state index < -0.39 is 24.3 Å². The van der Waals surface area contributed by atoms with Crippen molar-refractivity contribution in [1.29, 1.82) is 0 Å². The van der Waals surface area contributed by atoms with Gasteiger partial charge in [-0.25, -0.2) is 4.79 Å². The number of carbonyl (C=O) groups excluding carboxylic acids is 2. The molecule has 0 aliphatic rings. The number of likely N-dealkylation sites (N-methyl/N-ethyl adjacent to an activating group) is 1. The minimum atomic E-state index is -1.52. The summed E-state index contributed by atoms with van der Waals surface area (Å²) in [6.07, 6.45) is 68.8. The zero-order valence-electron chi connectivity index (χ0n) is 45.8. The van der Waals surface area contributed by atoms with E-state index in [1.54, 1.807) is 0 Å². The number of carbonyl (C=O) groups is 3. The van der Waals surface area contributed by atoms with Gasteiger partial charge in [0, 0.05) is 12.8 Å². The summed E-state index contributed by atoms with van der Waals surface area (Å²) in [5.74, 6) is -2.04. The van der Waals surface area contributed by atoms with Crippen molar-refractivity contribution in [2.45, 2.75) is 219 Å². The maximum Gasteiger partial charge on any atom is 0.361 e. The summed E-state index contributed by atoms with van der Waals surface area (Å²) in [5, 5.41) is 9.68. The Morgan fingerprint density at radius 2 is 0.803 bits per heavy atom. The van der Waals surface area contributed by atoms with Crippen LogP contribution in [-0.4, -0.2) is 87.4 Å². The van der Waals surface area contributed by atoms with Gasteiger partial charge in [0.05, 0.1) is 34.4 Å². The normalized spacial score (nSPS) is 13.6. The van der Waals surface area contributed by atoms with Crippen LogP contribution in [0.2, 0.25) is 0 Å². The molecule has 2 unspecified atom stereocenters. The number of hydrogen-bond acceptors (Lipinski definition) is 7. The summed E-state index contributed by atoms with van der Waals surface area (Å²) in [7, 11) is 5.95. The van der Waals surface area contributed by atoms with Crippen molar-refractivity contribution >= 4 is 17.9 Å². The Morgan fingerprint density at radius 3 is 1.21 bits per heavy atom. The minimum absolute atomic E-state index is 0.179. The molecule has 2 atom stereocenters. The molecular formula is C62H104NO8+. The fraction of sp³-hybridized carbons (Fsp3) is 0.661. The van der Waals surface area contributed by atoms with Gasteiger partial charge >= 0.3 is 17.9 Å². The van der Waals surface area contributed by atoms with Gasteiger partial charge in [0.25, 0.3) is 6.29 Å². The highest BCUT2D eigenvalue weighted by Crippen LogP contribution is 2.14. The van der Waals surface area contributed by atoms with Gasteiger partial charge in [-0.05, 0) is 103 Å². The average molecular weight is 992 g/mol. The maximum absolute atomic E-state index is 12.8. The number of carboxylic acid groups (broad SMARTS) is 1. The van der Waals surface area contributed by atoms with Crippen LogP contribution >= 0.6 is 0 Å². The minimum Gasteiger partial charge on any atom is -0.477 e. The van der Waals surface area contributed by atoms with Crippen LogP contribution in [0.3, 0.4) is 0 Å². The van der Waals surface area contributed by atoms with E-state index >= 15 is 0 Å². The highest BCUT2D eigenvalue weighted by molar-refractivity contribution is 5.71. The van der Waals surface area contributed by atoms with Gasteiger partial charge in [0.1, 0.15) is 13.2 Å². The molecule has 404 valence electrons. The molecule has 71 heavy (non-hydrogen) atoms. The number of quaternary nitrogens is 1. The quantitative estimate of drug-likeness (QED) is 0.0211. The molecule has 0 spiro atoms. The average Bonchev–Trinajstić information content (AvgIpc) is 3.34. The summed E-state index contributed by atoms with van der Waals surface area (Å²) in [6.45, 7) is 4.71. The lowest BCUT2D eigenvalue weighted by Gasteiger charge is -2.25. The second-order valence-electron chi connectivity index (χ2n) is 19.5. The first-order chi connectivity index (χ1) is 34.6. The Hall–Kier alpha value is -4.05. The molecule has 0 amide bonds. The topological polar surface area (TPSA) is 108 Å². The first kappa shape index (κ1) is 67.0. The summed E-state index contributed by atoms with van der Waals surface area (Å²) in [6, 6.07) is 0. The Bertz CT molecular complexity index is 1530. The smallest absolute Gasteiger partial charge is 0.361 e. The molecule has 9 heteroatoms. The van der Waals surface area contributed by atoms with Gasteiger partial charge in [-0.3, -0.25) is 9.59 Å². The van der Waals surface area contributed by atoms with Crippen LogP contribution in [0.5, 0.6) is 0 Å². The Morgan fingerprint density at radius 1 is 0.437 bits per heavy atom. The lowest BCUT2D eigenvalue weighted by Crippen LogP contribution is -2.40. The molecule has 0 saturated carbocycles. The Kier molecular flexibility index (Phi) is 49.3. The van der Waals surface area contributed by atoms with Crippen molar-refractivity contribution in [3.63, 3.8) is 0 Å². The molecule has 0 rings (SSSR count). The van der Waals surface area contributed by atoms with Crippen LogP contribution in [0.25, 0.3) is 0 Å². The fourth-order valence-corrected chi connectivity index (χ4v) is 7.20. The van der Waals surface area contributed by atoms with Crippen LogP contribution in [0, 0.1) is 0 Å². The number of allylic oxidation sites excluding steroid dienone is 18. The van der Waals surface area contributed by atoms with Crippen LogP contribution in [0.4, 0.5) is 0 Å². The molecule has 0 bridgehead atoms. The summed E-state index contributed by atoms with van der Waals surface area (Å²) in [4.78, 5) is 37.3. The van der Waals surface area contributed by atoms with E-state index in [2.05, 4.69) is 123 Å². The molecular weight excluding hydrogens is 887 g/mol. The van der Waals surface area contributed by atoms with Crippen LogP contribution < -0.4 is 0 Å². The SMILES string of the molecule is CC/C=C\C/C=C\C/C=C\C/C=C\C/C=C\C/C=C\C/C=C\C/C=C\CCCCCCCCCCC(=O)OC(COC(=O)CCCCCCC/C=C\CCCCCC)COC(OCC[N+](C)(C)C)C(=O)O. The molecule has 0 aromatic carbocycles. The lowest BCUT2D eigenvalue weighted by molar-refractivity contribution is -0.870. The molecule has 0 heterocycles. The number of rotatable bonds is 50. The van der Waals surface area contributed by atoms with Gasteiger partial charge < -0.3 is 28.5 Å². The van der Waals surface area contributed by atoms with Crippen LogP contribution in [-0.2, 0) is 33.3 Å². The third-order valence-corrected chi connectivity index (χ3v) is 11.5. The summed E-state index contributed by atoms with van der Waals surface area (Å²) >= 11 is 0. The fourth-order valence-electron chi connectivity index (χ4n) is 7.20. The molecule has 0 saturated heterocycles. The van der Waals surface area contributed by atoms with Crippen molar-refractivity contribution in [1.82, 2.24) is 0 Å². The maximum atomic E-state index is 12.8. The van der Waals surface area contributed by atoms with Crippen molar-refractivity contribution in [2.75, 3.05) is 47.5 Å². The van der Waals surface area contributed by atoms with Crippen LogP contribution in [0.1, 0.15) is 206 Å². The van der Waals surface area contributed by atoms with Gasteiger partial charge in [-0.1, -0.05) is 200 Å². The predicted molar refractivity (Wildman–Crippen MR) is 299 cm³/mol. The van der Waals surface area contributed by atoms with E-state index in [1.807, 2.05) is 21.1 Å². The number of aliphatic carboxylic acids is 1. The number of ether oxygens (including phenoxy) is 4. The highest BCUT2D eigenvalue weighted by atomic mass is 16.7. The number of carboxylic acids is 1. The van der Waals surface area contributed by atoms with Crippen molar-refractivity contribution in [2.24, 2.45) is 0 Å². The van der Waals surface area contributed by atoms with E-state index in [0.29, 0.717) is 17.4 Å². The second kappa shape index (κ2) is 52.3. The standard InChI is InChI=1S/C62H103NO8/c1-6-8-10-12-14-16-18-20-21-22-23-24-25-26-27-28-29-30-31-32-33-34-35-36-37-38-39-41-43-45-47-49-51-53-60(65)71-58(57-70-62(61(66)67)68-55-54-63(3,4)5)56-69-59(64)52-50-48-46-44-42-40-19-17-15-13-11-9-7-2/h8,10,14,16-17,19-21,23-24,26-27,29-30,32-33,35-36,58,62H,6-7,9,11-13,15,18,22,25,28,31,34,37-57H2,1-5H3/p+1/b10-8-,16-14-,19-17-,21-20-,24-23-,27-26-,30-29-,33-32-,36-35-. The van der Waals surface area contributed by atoms with Gasteiger partial charge in [0.2, 0.25) is 0 Å². The molecule has 0 aliphatic carbocycles. The molecule has 0 aromatic rings. The molecule has 0 aromatic heterocycles. The van der Waals surface area contributed by atoms with Gasteiger partial charge in [-0.2, -0.15) is 0 Å². The number of esters is 2. The molecule has 9 nitrogen and oxygen atoms in total. The summed E-state index contributed by atoms with van der Waals surface area (Å²) in [5.41, 5.74) is 0. The van der Waals surface area contributed by atoms with Gasteiger partial charge in [-0.15, -0.1) is 0 Å². The van der Waals surface area contributed by atoms with E-state index in [1.165, 1.54) is 57.8 Å². The second-order valence-corrected chi connectivity index (χ2v) is 19.5. The zero-order valence-corrected chi connectivity index (χ0v) is 45.8. The van der Waals surface area contributed by atoms with Crippen LogP contribution in [0.15, 0.2) is 109 Å². The Balaban J connectivity index is 4.25. The molecule has 1 N–H and O–H groups in total. The largest absolute Gasteiger partial charge is 0.477 e. The first-order valence-electron chi connectivity index (χ1n) is 28.1. The van der Waals surface area contributed by atoms with E-state index in [9.17, 15) is 19.5 Å². The van der Waals surface area contributed by atoms with E-state index in [-0.39, 0.29) is 38.6 Å². The number of nitrogens with zero attached hydrogens (tertiary/aromatic N) is 1. The third kappa shape index (κ3) is 53.6. The summed E-state index contributed by atoms with van der Waals surface area (Å²) < 4.78 is 22.8. The molecule has 0 aliphatic heterocycles. The number of hydrogen-bond donors (Lipinski definition) is 1. The zero-order chi connectivity index (χ0) is 52.0. The molecule has 0 radical (unpaired) electrons. The first-order valence-corrected chi connectivity index (χ1v) is 28.1. The highest BCUT2D eigenvalue weighted by Gasteiger charge is 2.25. The lowest BCUT2D eigenvalue weighted by atomic mass is 10.1. The van der Waals surface area contributed by atoms with Crippen molar-refractivity contribution in [3.05, 3.63) is 109 Å². The predicted octanol–water partition coefficient (Wildman–Crippen LogP) is 16.3. The Labute approximate surface area is 434 Å². The van der Waals surface area contributed by atoms with Crippen molar-refractivity contribution < 1.29 is 42.9 Å². The third-order valence-electron chi connectivity index (χ3n) is 11.5. The van der Waals surface area contributed by atoms with E-state index in [4.69, 9.17) is 18.9 Å². The van der Waals surface area contributed by atoms with E-state index in [0.717, 1.165) is 116 Å². The van der Waals surface area contributed by atoms with Crippen molar-refractivity contribution in [3.8, 4) is 0 Å².